The van der Waals surface area contributed by atoms with Gasteiger partial charge in [0.2, 0.25) is 5.91 Å². The highest BCUT2D eigenvalue weighted by Gasteiger charge is 2.64. The van der Waals surface area contributed by atoms with Crippen molar-refractivity contribution >= 4 is 5.91 Å². The van der Waals surface area contributed by atoms with Gasteiger partial charge >= 0.3 is 0 Å². The molecular weight excluding hydrogens is 350 g/mol. The summed E-state index contributed by atoms with van der Waals surface area (Å²) in [6.07, 6.45) is 7.21. The number of nitrogens with zero attached hydrogens (tertiary/aromatic N) is 3. The molecule has 4 fully saturated rings. The zero-order valence-corrected chi connectivity index (χ0v) is 17.6. The maximum Gasteiger partial charge on any atom is 0.230 e. The van der Waals surface area contributed by atoms with Gasteiger partial charge in [0.1, 0.15) is 11.5 Å². The number of amides is 1. The summed E-state index contributed by atoms with van der Waals surface area (Å²) < 4.78 is 5.79. The van der Waals surface area contributed by atoms with E-state index in [-0.39, 0.29) is 5.41 Å². The number of furan rings is 1. The first kappa shape index (κ1) is 18.7. The first-order chi connectivity index (χ1) is 13.5. The number of fused-ring (bicyclic) bond motifs is 2. The number of piperidine rings is 1. The van der Waals surface area contributed by atoms with Crippen molar-refractivity contribution in [3.8, 4) is 0 Å². The van der Waals surface area contributed by atoms with Crippen molar-refractivity contribution in [1.82, 2.24) is 14.7 Å². The van der Waals surface area contributed by atoms with Gasteiger partial charge in [-0.2, -0.15) is 0 Å². The number of carbonyl (C=O) groups excluding carboxylic acids is 1. The molecule has 2 atom stereocenters. The molecule has 0 N–H and O–H groups in total. The highest BCUT2D eigenvalue weighted by atomic mass is 16.3. The largest absolute Gasteiger partial charge is 0.465 e. The van der Waals surface area contributed by atoms with Crippen molar-refractivity contribution in [1.29, 1.82) is 0 Å². The molecule has 0 unspecified atom stereocenters. The fraction of sp³-hybridized carbons (Fsp3) is 0.783. The van der Waals surface area contributed by atoms with Crippen molar-refractivity contribution in [2.24, 2.45) is 16.7 Å². The fourth-order valence-electron chi connectivity index (χ4n) is 6.93. The van der Waals surface area contributed by atoms with Crippen LogP contribution in [0.4, 0.5) is 0 Å². The Morgan fingerprint density at radius 1 is 1.11 bits per heavy atom. The minimum absolute atomic E-state index is 0.0978. The Hall–Kier alpha value is -1.33. The minimum atomic E-state index is -0.0978. The lowest BCUT2D eigenvalue weighted by atomic mass is 9.65. The third-order valence-corrected chi connectivity index (χ3v) is 8.37. The number of aryl methyl sites for hydroxylation is 1. The second-order valence-corrected chi connectivity index (χ2v) is 10.1. The molecule has 3 aliphatic heterocycles. The predicted molar refractivity (Wildman–Crippen MR) is 109 cm³/mol. The molecule has 1 aromatic rings. The molecule has 4 aliphatic rings. The van der Waals surface area contributed by atoms with E-state index in [9.17, 15) is 4.79 Å². The van der Waals surface area contributed by atoms with Gasteiger partial charge in [-0.1, -0.05) is 0 Å². The first-order valence-electron chi connectivity index (χ1n) is 11.3. The molecule has 0 aromatic carbocycles. The lowest BCUT2D eigenvalue weighted by molar-refractivity contribution is -0.143. The van der Waals surface area contributed by atoms with Crippen LogP contribution in [0.2, 0.25) is 0 Å². The van der Waals surface area contributed by atoms with Crippen LogP contribution >= 0.6 is 0 Å². The van der Waals surface area contributed by atoms with Crippen molar-refractivity contribution in [2.75, 3.05) is 46.3 Å². The Morgan fingerprint density at radius 2 is 1.86 bits per heavy atom. The summed E-state index contributed by atoms with van der Waals surface area (Å²) in [5.41, 5.74) is 0.273. The van der Waals surface area contributed by atoms with Gasteiger partial charge in [0.05, 0.1) is 12.0 Å². The molecule has 0 bridgehead atoms. The fourth-order valence-corrected chi connectivity index (χ4v) is 6.93. The molecule has 1 aliphatic carbocycles. The minimum Gasteiger partial charge on any atom is -0.465 e. The third kappa shape index (κ3) is 2.93. The first-order valence-corrected chi connectivity index (χ1v) is 11.3. The Kier molecular flexibility index (Phi) is 4.59. The van der Waals surface area contributed by atoms with Gasteiger partial charge in [-0.25, -0.2) is 0 Å². The van der Waals surface area contributed by atoms with Gasteiger partial charge in [-0.15, -0.1) is 0 Å². The zero-order chi connectivity index (χ0) is 19.4. The molecule has 1 saturated carbocycles. The van der Waals surface area contributed by atoms with Crippen LogP contribution in [0.15, 0.2) is 16.5 Å². The van der Waals surface area contributed by atoms with E-state index in [1.165, 1.54) is 32.1 Å². The quantitative estimate of drug-likeness (QED) is 0.801. The monoisotopic (exact) mass is 385 g/mol. The van der Waals surface area contributed by atoms with E-state index in [1.807, 2.05) is 6.92 Å². The summed E-state index contributed by atoms with van der Waals surface area (Å²) in [7, 11) is 2.22. The maximum atomic E-state index is 13.6. The van der Waals surface area contributed by atoms with E-state index in [0.717, 1.165) is 63.8 Å². The number of rotatable bonds is 3. The topological polar surface area (TPSA) is 39.9 Å². The van der Waals surface area contributed by atoms with Crippen LogP contribution in [-0.2, 0) is 11.3 Å². The Bertz CT molecular complexity index is 730. The molecule has 0 radical (unpaired) electrons. The van der Waals surface area contributed by atoms with Crippen LogP contribution in [0.1, 0.15) is 50.0 Å². The van der Waals surface area contributed by atoms with E-state index >= 15 is 0 Å². The van der Waals surface area contributed by atoms with Crippen molar-refractivity contribution in [2.45, 2.75) is 52.0 Å². The second kappa shape index (κ2) is 6.88. The van der Waals surface area contributed by atoms with Gasteiger partial charge in [0, 0.05) is 26.2 Å². The van der Waals surface area contributed by atoms with E-state index in [4.69, 9.17) is 4.42 Å². The second-order valence-electron chi connectivity index (χ2n) is 10.1. The molecule has 1 spiro atoms. The molecule has 154 valence electrons. The molecule has 5 heteroatoms. The van der Waals surface area contributed by atoms with E-state index in [1.54, 1.807) is 0 Å². The normalized spacial score (nSPS) is 33.1. The van der Waals surface area contributed by atoms with Crippen molar-refractivity contribution < 1.29 is 9.21 Å². The van der Waals surface area contributed by atoms with E-state index < -0.39 is 0 Å². The highest BCUT2D eigenvalue weighted by molar-refractivity contribution is 5.84. The summed E-state index contributed by atoms with van der Waals surface area (Å²) >= 11 is 0. The standard InChI is InChI=1S/C23H35N3O2/c1-18-5-6-19(28-18)15-25-13-9-22(10-14-25)7-8-23(17-24(2)16-20(22)23)21(27)26-11-3-4-12-26/h5-6,20H,3-4,7-17H2,1-2H3/t20-,23+/m0/s1. The molecule has 1 amide bonds. The van der Waals surface area contributed by atoms with Crippen molar-refractivity contribution in [3.63, 3.8) is 0 Å². The van der Waals surface area contributed by atoms with Crippen LogP contribution in [0, 0.1) is 23.7 Å². The molecular formula is C23H35N3O2. The lowest BCUT2D eigenvalue weighted by Gasteiger charge is -2.44. The molecule has 5 nitrogen and oxygen atoms in total. The Labute approximate surface area is 169 Å². The Balaban J connectivity index is 1.30. The molecule has 5 rings (SSSR count). The van der Waals surface area contributed by atoms with Crippen LogP contribution in [0.3, 0.4) is 0 Å². The number of hydrogen-bond donors (Lipinski definition) is 0. The van der Waals surface area contributed by atoms with Crippen LogP contribution in [0.25, 0.3) is 0 Å². The predicted octanol–water partition coefficient (Wildman–Crippen LogP) is 3.13. The van der Waals surface area contributed by atoms with E-state index in [2.05, 4.69) is 33.9 Å². The highest BCUT2D eigenvalue weighted by Crippen LogP contribution is 2.62. The van der Waals surface area contributed by atoms with E-state index in [0.29, 0.717) is 17.2 Å². The average molecular weight is 386 g/mol. The summed E-state index contributed by atoms with van der Waals surface area (Å²) in [4.78, 5) is 20.8. The van der Waals surface area contributed by atoms with Gasteiger partial charge in [-0.3, -0.25) is 9.69 Å². The average Bonchev–Trinajstić information content (AvgIpc) is 3.44. The van der Waals surface area contributed by atoms with Gasteiger partial charge in [0.15, 0.2) is 0 Å². The zero-order valence-electron chi connectivity index (χ0n) is 17.6. The lowest BCUT2D eigenvalue weighted by Crippen LogP contribution is -2.49. The Morgan fingerprint density at radius 3 is 2.54 bits per heavy atom. The maximum absolute atomic E-state index is 13.6. The summed E-state index contributed by atoms with van der Waals surface area (Å²) in [6, 6.07) is 4.17. The van der Waals surface area contributed by atoms with Gasteiger partial charge in [-0.05, 0) is 89.1 Å². The summed E-state index contributed by atoms with van der Waals surface area (Å²) in [5.74, 6) is 3.12. The van der Waals surface area contributed by atoms with Gasteiger partial charge < -0.3 is 14.2 Å². The molecule has 1 aromatic heterocycles. The third-order valence-electron chi connectivity index (χ3n) is 8.37. The number of carbonyl (C=O) groups is 1. The molecule has 3 saturated heterocycles. The smallest absolute Gasteiger partial charge is 0.230 e. The molecule has 4 heterocycles. The SMILES string of the molecule is Cc1ccc(CN2CCC3(CC2)CC[C@@]2(C(=O)N4CCCC4)CN(C)C[C@@H]32)o1. The molecule has 28 heavy (non-hydrogen) atoms. The van der Waals surface area contributed by atoms with Crippen LogP contribution in [-0.4, -0.2) is 66.9 Å². The van der Waals surface area contributed by atoms with Gasteiger partial charge in [0.25, 0.3) is 0 Å². The number of likely N-dealkylation sites (tertiary alicyclic amines) is 3. The number of hydrogen-bond acceptors (Lipinski definition) is 4. The van der Waals surface area contributed by atoms with Crippen LogP contribution < -0.4 is 0 Å². The van der Waals surface area contributed by atoms with Crippen LogP contribution in [0.5, 0.6) is 0 Å². The van der Waals surface area contributed by atoms with Crippen molar-refractivity contribution in [3.05, 3.63) is 23.7 Å². The summed E-state index contributed by atoms with van der Waals surface area (Å²) in [5, 5.41) is 0. The summed E-state index contributed by atoms with van der Waals surface area (Å²) in [6.45, 7) is 9.26.